The van der Waals surface area contributed by atoms with Crippen molar-refractivity contribution in [1.82, 2.24) is 10.6 Å². The molecular formula is C12H15ClN4O4. The zero-order valence-electron chi connectivity index (χ0n) is 11.2. The first kappa shape index (κ1) is 16.9. The van der Waals surface area contributed by atoms with Crippen LogP contribution in [0.4, 0.5) is 4.79 Å². The summed E-state index contributed by atoms with van der Waals surface area (Å²) in [5.74, 6) is -1.71. The molecule has 114 valence electrons. The SMILES string of the molecule is CC1=CC(N)(C(N)=O)C(Cl)C=C1.O=C1CC(=O)NC(=O)N1. The summed E-state index contributed by atoms with van der Waals surface area (Å²) in [6, 6.07) is -0.740. The monoisotopic (exact) mass is 314 g/mol. The van der Waals surface area contributed by atoms with Gasteiger partial charge in [-0.1, -0.05) is 23.8 Å². The Balaban J connectivity index is 0.000000219. The fourth-order valence-corrected chi connectivity index (χ4v) is 1.87. The molecule has 1 saturated heterocycles. The average Bonchev–Trinajstić information content (AvgIpc) is 2.33. The minimum Gasteiger partial charge on any atom is -0.368 e. The Bertz CT molecular complexity index is 512. The van der Waals surface area contributed by atoms with Crippen molar-refractivity contribution in [3.63, 3.8) is 0 Å². The molecule has 1 aliphatic carbocycles. The molecule has 0 radical (unpaired) electrons. The van der Waals surface area contributed by atoms with Crippen molar-refractivity contribution in [2.45, 2.75) is 24.3 Å². The van der Waals surface area contributed by atoms with Gasteiger partial charge in [0.15, 0.2) is 0 Å². The van der Waals surface area contributed by atoms with Gasteiger partial charge in [-0.2, -0.15) is 0 Å². The predicted molar refractivity (Wildman–Crippen MR) is 74.9 cm³/mol. The van der Waals surface area contributed by atoms with Crippen LogP contribution < -0.4 is 22.1 Å². The Morgan fingerprint density at radius 3 is 2.24 bits per heavy atom. The van der Waals surface area contributed by atoms with Crippen LogP contribution >= 0.6 is 11.6 Å². The molecule has 1 fully saturated rings. The van der Waals surface area contributed by atoms with Gasteiger partial charge >= 0.3 is 6.03 Å². The molecule has 0 aromatic heterocycles. The van der Waals surface area contributed by atoms with E-state index in [2.05, 4.69) is 0 Å². The molecule has 0 aromatic rings. The van der Waals surface area contributed by atoms with E-state index in [1.54, 1.807) is 12.2 Å². The molecule has 0 aromatic carbocycles. The third-order valence-corrected chi connectivity index (χ3v) is 3.21. The molecule has 2 aliphatic rings. The highest BCUT2D eigenvalue weighted by Crippen LogP contribution is 2.23. The van der Waals surface area contributed by atoms with Gasteiger partial charge in [0.2, 0.25) is 17.7 Å². The van der Waals surface area contributed by atoms with E-state index in [-0.39, 0.29) is 6.42 Å². The van der Waals surface area contributed by atoms with Crippen molar-refractivity contribution < 1.29 is 19.2 Å². The highest BCUT2D eigenvalue weighted by molar-refractivity contribution is 6.25. The van der Waals surface area contributed by atoms with Crippen molar-refractivity contribution in [3.8, 4) is 0 Å². The first-order chi connectivity index (χ1) is 9.65. The standard InChI is InChI=1S/C8H11ClN2O.C4H4N2O3/c1-5-2-3-6(9)8(11,4-5)7(10)12;7-2-1-3(8)6-4(9)5-2/h2-4,6H,11H2,1H3,(H2,10,12);1H2,(H2,5,6,7,8,9). The van der Waals surface area contributed by atoms with Crippen molar-refractivity contribution in [3.05, 3.63) is 23.8 Å². The van der Waals surface area contributed by atoms with Crippen LogP contribution in [0.1, 0.15) is 13.3 Å². The lowest BCUT2D eigenvalue weighted by Gasteiger charge is -2.28. The number of carbonyl (C=O) groups is 4. The molecule has 21 heavy (non-hydrogen) atoms. The van der Waals surface area contributed by atoms with Gasteiger partial charge in [0.05, 0.1) is 5.38 Å². The van der Waals surface area contributed by atoms with Crippen LogP contribution in [0.25, 0.3) is 0 Å². The third-order valence-electron chi connectivity index (χ3n) is 2.70. The largest absolute Gasteiger partial charge is 0.368 e. The van der Waals surface area contributed by atoms with Crippen molar-refractivity contribution in [2.75, 3.05) is 0 Å². The zero-order valence-corrected chi connectivity index (χ0v) is 11.9. The number of primary amides is 1. The molecule has 6 N–H and O–H groups in total. The lowest BCUT2D eigenvalue weighted by atomic mass is 9.88. The van der Waals surface area contributed by atoms with Gasteiger partial charge < -0.3 is 11.5 Å². The molecule has 2 unspecified atom stereocenters. The first-order valence-corrected chi connectivity index (χ1v) is 6.33. The maximum absolute atomic E-state index is 11.0. The quantitative estimate of drug-likeness (QED) is 0.364. The summed E-state index contributed by atoms with van der Waals surface area (Å²) in [5.41, 5.74) is 10.5. The van der Waals surface area contributed by atoms with Crippen molar-refractivity contribution in [2.24, 2.45) is 11.5 Å². The van der Waals surface area contributed by atoms with Crippen LogP contribution in [-0.4, -0.2) is 34.7 Å². The van der Waals surface area contributed by atoms with Gasteiger partial charge in [-0.05, 0) is 6.92 Å². The fraction of sp³-hybridized carbons (Fsp3) is 0.333. The third kappa shape index (κ3) is 4.40. The Morgan fingerprint density at radius 2 is 1.86 bits per heavy atom. The number of hydrogen-bond acceptors (Lipinski definition) is 5. The van der Waals surface area contributed by atoms with Crippen molar-refractivity contribution in [1.29, 1.82) is 0 Å². The number of nitrogens with two attached hydrogens (primary N) is 2. The molecule has 8 nitrogen and oxygen atoms in total. The van der Waals surface area contributed by atoms with E-state index in [1.807, 2.05) is 23.6 Å². The molecule has 0 saturated carbocycles. The second-order valence-corrected chi connectivity index (χ2v) is 5.02. The summed E-state index contributed by atoms with van der Waals surface area (Å²) in [7, 11) is 0. The van der Waals surface area contributed by atoms with E-state index < -0.39 is 34.7 Å². The maximum atomic E-state index is 11.0. The van der Waals surface area contributed by atoms with Crippen LogP contribution in [0.2, 0.25) is 0 Å². The molecule has 2 atom stereocenters. The first-order valence-electron chi connectivity index (χ1n) is 5.89. The molecule has 0 spiro atoms. The van der Waals surface area contributed by atoms with Gasteiger partial charge in [0.25, 0.3) is 0 Å². The highest BCUT2D eigenvalue weighted by atomic mass is 35.5. The van der Waals surface area contributed by atoms with E-state index in [1.165, 1.54) is 0 Å². The number of nitrogens with one attached hydrogen (secondary N) is 2. The lowest BCUT2D eigenvalue weighted by molar-refractivity contribution is -0.129. The number of halogens is 1. The summed E-state index contributed by atoms with van der Waals surface area (Å²) in [4.78, 5) is 41.8. The normalized spacial score (nSPS) is 27.9. The van der Waals surface area contributed by atoms with Gasteiger partial charge in [-0.15, -0.1) is 11.6 Å². The number of urea groups is 1. The number of imide groups is 2. The minimum atomic E-state index is -1.24. The van der Waals surface area contributed by atoms with Gasteiger partial charge in [0.1, 0.15) is 12.0 Å². The number of alkyl halides is 1. The van der Waals surface area contributed by atoms with Crippen molar-refractivity contribution >= 4 is 35.4 Å². The minimum absolute atomic E-state index is 0.258. The summed E-state index contributed by atoms with van der Waals surface area (Å²) in [6.07, 6.45) is 4.81. The topological polar surface area (TPSA) is 144 Å². The number of rotatable bonds is 1. The second-order valence-electron chi connectivity index (χ2n) is 4.55. The number of allylic oxidation sites excluding steroid dienone is 2. The van der Waals surface area contributed by atoms with Crippen LogP contribution in [-0.2, 0) is 14.4 Å². The predicted octanol–water partition coefficient (Wildman–Crippen LogP) is -0.965. The molecule has 5 amide bonds. The van der Waals surface area contributed by atoms with Gasteiger partial charge in [-0.3, -0.25) is 25.0 Å². The molecule has 1 aliphatic heterocycles. The van der Waals surface area contributed by atoms with E-state index in [0.29, 0.717) is 0 Å². The Morgan fingerprint density at radius 1 is 1.33 bits per heavy atom. The van der Waals surface area contributed by atoms with Crippen LogP contribution in [0.15, 0.2) is 23.8 Å². The summed E-state index contributed by atoms with van der Waals surface area (Å²) >= 11 is 5.83. The number of barbiturate groups is 1. The van der Waals surface area contributed by atoms with E-state index in [4.69, 9.17) is 23.1 Å². The molecule has 2 rings (SSSR count). The molecular weight excluding hydrogens is 300 g/mol. The molecule has 0 bridgehead atoms. The van der Waals surface area contributed by atoms with Crippen LogP contribution in [0.5, 0.6) is 0 Å². The Hall–Kier alpha value is -2.19. The average molecular weight is 315 g/mol. The van der Waals surface area contributed by atoms with E-state index in [9.17, 15) is 19.2 Å². The highest BCUT2D eigenvalue weighted by Gasteiger charge is 2.37. The Kier molecular flexibility index (Phi) is 5.23. The maximum Gasteiger partial charge on any atom is 0.328 e. The summed E-state index contributed by atoms with van der Waals surface area (Å²) < 4.78 is 0. The van der Waals surface area contributed by atoms with E-state index in [0.717, 1.165) is 5.57 Å². The number of amides is 5. The Labute approximate surface area is 125 Å². The lowest BCUT2D eigenvalue weighted by Crippen LogP contribution is -2.57. The van der Waals surface area contributed by atoms with Gasteiger partial charge in [0, 0.05) is 0 Å². The zero-order chi connectivity index (χ0) is 16.2. The second kappa shape index (κ2) is 6.51. The van der Waals surface area contributed by atoms with Gasteiger partial charge in [-0.25, -0.2) is 4.79 Å². The smallest absolute Gasteiger partial charge is 0.328 e. The van der Waals surface area contributed by atoms with Crippen LogP contribution in [0, 0.1) is 0 Å². The number of carbonyl (C=O) groups excluding carboxylic acids is 4. The van der Waals surface area contributed by atoms with E-state index >= 15 is 0 Å². The summed E-state index contributed by atoms with van der Waals surface area (Å²) in [5, 5.41) is 3.24. The fourth-order valence-electron chi connectivity index (χ4n) is 1.63. The molecule has 1 heterocycles. The molecule has 9 heteroatoms. The van der Waals surface area contributed by atoms with Crippen LogP contribution in [0.3, 0.4) is 0 Å². The number of hydrogen-bond donors (Lipinski definition) is 4. The summed E-state index contributed by atoms with van der Waals surface area (Å²) in [6.45, 7) is 1.84.